The van der Waals surface area contributed by atoms with Crippen molar-refractivity contribution in [3.05, 3.63) is 82.5 Å². The molecule has 10 heteroatoms. The van der Waals surface area contributed by atoms with E-state index in [-0.39, 0.29) is 11.8 Å². The van der Waals surface area contributed by atoms with Crippen LogP contribution in [0.25, 0.3) is 21.5 Å². The number of carbonyl (C=O) groups excluding carboxylic acids is 2. The van der Waals surface area contributed by atoms with Gasteiger partial charge in [-0.15, -0.1) is 11.3 Å². The van der Waals surface area contributed by atoms with Crippen LogP contribution in [0, 0.1) is 0 Å². The van der Waals surface area contributed by atoms with Crippen LogP contribution in [0.1, 0.15) is 29.0 Å². The molecule has 0 unspecified atom stereocenters. The molecule has 0 spiro atoms. The van der Waals surface area contributed by atoms with Crippen LogP contribution in [0.15, 0.2) is 71.3 Å². The lowest BCUT2D eigenvalue weighted by Gasteiger charge is -2.16. The fourth-order valence-electron chi connectivity index (χ4n) is 4.35. The molecule has 5 aromatic rings. The molecule has 1 N–H and O–H groups in total. The zero-order valence-corrected chi connectivity index (χ0v) is 20.6. The molecule has 1 aliphatic heterocycles. The minimum absolute atomic E-state index is 0.127. The van der Waals surface area contributed by atoms with E-state index in [1.54, 1.807) is 21.7 Å². The predicted molar refractivity (Wildman–Crippen MR) is 140 cm³/mol. The van der Waals surface area contributed by atoms with Gasteiger partial charge in [0.05, 0.1) is 21.3 Å². The maximum Gasteiger partial charge on any atom is 0.276 e. The Hall–Kier alpha value is -3.95. The summed E-state index contributed by atoms with van der Waals surface area (Å²) in [7, 11) is 0. The lowest BCUT2D eigenvalue weighted by Crippen LogP contribution is -2.23. The Kier molecular flexibility index (Phi) is 5.79. The number of aromatic nitrogens is 3. The number of halogens is 1. The van der Waals surface area contributed by atoms with E-state index in [9.17, 15) is 9.59 Å². The normalized spacial score (nSPS) is 13.6. The number of rotatable bonds is 6. The first-order valence-corrected chi connectivity index (χ1v) is 12.6. The highest BCUT2D eigenvalue weighted by molar-refractivity contribution is 7.19. The number of para-hydroxylation sites is 1. The third-order valence-electron chi connectivity index (χ3n) is 6.07. The monoisotopic (exact) mass is 517 g/mol. The molecule has 0 atom stereocenters. The fraction of sp³-hybridized carbons (Fsp3) is 0.154. The van der Waals surface area contributed by atoms with E-state index in [0.717, 1.165) is 34.4 Å². The van der Waals surface area contributed by atoms with Gasteiger partial charge < -0.3 is 14.7 Å². The molecule has 4 heterocycles. The van der Waals surface area contributed by atoms with Crippen LogP contribution in [-0.2, 0) is 11.3 Å². The van der Waals surface area contributed by atoms with Crippen molar-refractivity contribution in [1.82, 2.24) is 14.9 Å². The minimum Gasteiger partial charge on any atom is -0.355 e. The third kappa shape index (κ3) is 4.27. The van der Waals surface area contributed by atoms with Crippen LogP contribution in [0.3, 0.4) is 0 Å². The first-order valence-electron chi connectivity index (χ1n) is 11.4. The van der Waals surface area contributed by atoms with Crippen LogP contribution in [0.5, 0.6) is 0 Å². The molecule has 36 heavy (non-hydrogen) atoms. The minimum atomic E-state index is -0.316. The number of amides is 2. The van der Waals surface area contributed by atoms with Crippen molar-refractivity contribution in [3.63, 3.8) is 0 Å². The maximum absolute atomic E-state index is 13.2. The second-order valence-electron chi connectivity index (χ2n) is 8.46. The van der Waals surface area contributed by atoms with Gasteiger partial charge in [0, 0.05) is 35.8 Å². The van der Waals surface area contributed by atoms with Gasteiger partial charge in [-0.05, 0) is 48.9 Å². The zero-order chi connectivity index (χ0) is 24.6. The number of nitrogens with zero attached hydrogens (tertiary/aromatic N) is 4. The molecule has 1 aliphatic rings. The lowest BCUT2D eigenvalue weighted by molar-refractivity contribution is -0.117. The van der Waals surface area contributed by atoms with E-state index in [4.69, 9.17) is 16.1 Å². The number of fused-ring (bicyclic) bond motifs is 1. The first-order chi connectivity index (χ1) is 17.5. The molecule has 6 rings (SSSR count). The molecule has 0 bridgehead atoms. The summed E-state index contributed by atoms with van der Waals surface area (Å²) in [6.45, 7) is 1.07. The summed E-state index contributed by atoms with van der Waals surface area (Å²) in [6.07, 6.45) is 1.44. The third-order valence-corrected chi connectivity index (χ3v) is 7.32. The van der Waals surface area contributed by atoms with Crippen molar-refractivity contribution in [3.8, 4) is 10.6 Å². The van der Waals surface area contributed by atoms with Crippen LogP contribution in [0.4, 0.5) is 11.4 Å². The highest BCUT2D eigenvalue weighted by Crippen LogP contribution is 2.32. The maximum atomic E-state index is 13.2. The van der Waals surface area contributed by atoms with E-state index < -0.39 is 0 Å². The van der Waals surface area contributed by atoms with Crippen molar-refractivity contribution in [2.45, 2.75) is 19.4 Å². The van der Waals surface area contributed by atoms with E-state index in [0.29, 0.717) is 40.1 Å². The number of anilines is 2. The quantitative estimate of drug-likeness (QED) is 0.305. The van der Waals surface area contributed by atoms with Gasteiger partial charge in [0.1, 0.15) is 5.69 Å². The van der Waals surface area contributed by atoms with E-state index in [1.165, 1.54) is 11.3 Å². The Morgan fingerprint density at radius 3 is 2.69 bits per heavy atom. The highest BCUT2D eigenvalue weighted by atomic mass is 35.5. The summed E-state index contributed by atoms with van der Waals surface area (Å²) < 4.78 is 7.91. The summed E-state index contributed by atoms with van der Waals surface area (Å²) in [4.78, 5) is 27.8. The predicted octanol–water partition coefficient (Wildman–Crippen LogP) is 5.83. The number of benzene rings is 2. The van der Waals surface area contributed by atoms with Gasteiger partial charge in [-0.2, -0.15) is 5.10 Å². The Bertz CT molecular complexity index is 1590. The molecule has 8 nitrogen and oxygen atoms in total. The number of hydrogen-bond acceptors (Lipinski definition) is 6. The van der Waals surface area contributed by atoms with Crippen LogP contribution < -0.4 is 10.2 Å². The Balaban J connectivity index is 1.23. The average molecular weight is 518 g/mol. The average Bonchev–Trinajstić information content (AvgIpc) is 3.68. The van der Waals surface area contributed by atoms with Gasteiger partial charge in [-0.1, -0.05) is 35.0 Å². The topological polar surface area (TPSA) is 93.3 Å². The number of hydrogen-bond donors (Lipinski definition) is 1. The second-order valence-corrected chi connectivity index (χ2v) is 10.2. The van der Waals surface area contributed by atoms with Crippen molar-refractivity contribution < 1.29 is 14.1 Å². The summed E-state index contributed by atoms with van der Waals surface area (Å²) in [6, 6.07) is 20.4. The van der Waals surface area contributed by atoms with Gasteiger partial charge in [0.2, 0.25) is 5.91 Å². The van der Waals surface area contributed by atoms with Crippen LogP contribution >= 0.6 is 22.9 Å². The second kappa shape index (κ2) is 9.25. The molecular formula is C26H20ClN5O3S. The van der Waals surface area contributed by atoms with Crippen LogP contribution in [-0.4, -0.2) is 33.3 Å². The molecule has 2 aromatic carbocycles. The Morgan fingerprint density at radius 2 is 1.94 bits per heavy atom. The molecule has 0 aliphatic carbocycles. The molecule has 2 amide bonds. The first kappa shape index (κ1) is 22.5. The highest BCUT2D eigenvalue weighted by Gasteiger charge is 2.22. The Labute approximate surface area is 215 Å². The zero-order valence-electron chi connectivity index (χ0n) is 19.0. The summed E-state index contributed by atoms with van der Waals surface area (Å²) in [5, 5.41) is 12.4. The molecule has 1 saturated heterocycles. The summed E-state index contributed by atoms with van der Waals surface area (Å²) in [5.74, 6) is 0.446. The van der Waals surface area contributed by atoms with Gasteiger partial charge in [-0.25, -0.2) is 0 Å². The van der Waals surface area contributed by atoms with Crippen molar-refractivity contribution in [1.29, 1.82) is 0 Å². The number of thiophene rings is 1. The summed E-state index contributed by atoms with van der Waals surface area (Å²) >= 11 is 7.45. The van der Waals surface area contributed by atoms with Gasteiger partial charge in [0.15, 0.2) is 11.5 Å². The largest absolute Gasteiger partial charge is 0.355 e. The van der Waals surface area contributed by atoms with E-state index in [1.807, 2.05) is 54.6 Å². The smallest absolute Gasteiger partial charge is 0.276 e. The molecule has 0 radical (unpaired) electrons. The molecule has 0 saturated carbocycles. The van der Waals surface area contributed by atoms with Crippen molar-refractivity contribution in [2.24, 2.45) is 0 Å². The lowest BCUT2D eigenvalue weighted by atomic mass is 10.2. The SMILES string of the molecule is O=C(Nc1ccc(N2CCCC2=O)cc1)c1nn(Cc2cc(-c3ccc(Cl)s3)on2)c2ccccc12. The standard InChI is InChI=1S/C26H20ClN5O3S/c27-23-12-11-22(36-23)21-14-17(30-35-21)15-32-20-5-2-1-4-19(20)25(29-32)26(34)28-16-7-9-18(10-8-16)31-13-3-6-24(31)33/h1-2,4-5,7-12,14H,3,6,13,15H2,(H,28,34). The van der Waals surface area contributed by atoms with Gasteiger partial charge in [0.25, 0.3) is 5.91 Å². The fourth-order valence-corrected chi connectivity index (χ4v) is 5.35. The van der Waals surface area contributed by atoms with Crippen LogP contribution in [0.2, 0.25) is 4.34 Å². The van der Waals surface area contributed by atoms with E-state index >= 15 is 0 Å². The number of carbonyl (C=O) groups is 2. The van der Waals surface area contributed by atoms with E-state index in [2.05, 4.69) is 15.6 Å². The van der Waals surface area contributed by atoms with Crippen molar-refractivity contribution >= 4 is 57.0 Å². The molecule has 180 valence electrons. The van der Waals surface area contributed by atoms with Gasteiger partial charge in [-0.3, -0.25) is 14.3 Å². The molecular weight excluding hydrogens is 498 g/mol. The van der Waals surface area contributed by atoms with Crippen molar-refractivity contribution in [2.75, 3.05) is 16.8 Å². The molecule has 1 fully saturated rings. The summed E-state index contributed by atoms with van der Waals surface area (Å²) in [5.41, 5.74) is 3.28. The Morgan fingerprint density at radius 1 is 1.11 bits per heavy atom. The van der Waals surface area contributed by atoms with Gasteiger partial charge >= 0.3 is 0 Å². The number of nitrogens with one attached hydrogen (secondary N) is 1. The molecule has 3 aromatic heterocycles.